The molecule has 0 unspecified atom stereocenters. The second kappa shape index (κ2) is 5.84. The number of nitrogens with one attached hydrogen (secondary N) is 1. The molecular formula is C14H16N2O2S. The second-order valence-corrected chi connectivity index (χ2v) is 4.42. The van der Waals surface area contributed by atoms with Gasteiger partial charge in [0, 0.05) is 12.0 Å². The lowest BCUT2D eigenvalue weighted by Crippen LogP contribution is -1.97. The maximum absolute atomic E-state index is 5.38. The molecule has 1 aromatic carbocycles. The first-order chi connectivity index (χ1) is 9.17. The molecule has 1 N–H and O–H groups in total. The van der Waals surface area contributed by atoms with Crippen LogP contribution in [-0.4, -0.2) is 24.2 Å². The maximum Gasteiger partial charge on any atom is 0.130 e. The summed E-state index contributed by atoms with van der Waals surface area (Å²) in [6.07, 6.45) is 0.795. The number of aromatic nitrogens is 2. The number of ether oxygens (including phenoxy) is 2. The highest BCUT2D eigenvalue weighted by atomic mass is 32.1. The van der Waals surface area contributed by atoms with Crippen LogP contribution in [0.5, 0.6) is 11.5 Å². The van der Waals surface area contributed by atoms with Gasteiger partial charge in [0.1, 0.15) is 22.0 Å². The standard InChI is InChI=1S/C14H16N2O2S/c1-4-13-15-11(8-14(19)16-13)10-7-9(17-2)5-6-12(10)18-3/h5-8H,4H2,1-3H3,(H,15,16,19). The Morgan fingerprint density at radius 1 is 1.21 bits per heavy atom. The van der Waals surface area contributed by atoms with Crippen molar-refractivity contribution in [2.45, 2.75) is 13.3 Å². The predicted octanol–water partition coefficient (Wildman–Crippen LogP) is 3.39. The van der Waals surface area contributed by atoms with Gasteiger partial charge in [-0.15, -0.1) is 0 Å². The highest BCUT2D eigenvalue weighted by Crippen LogP contribution is 2.32. The van der Waals surface area contributed by atoms with Gasteiger partial charge in [0.25, 0.3) is 0 Å². The quantitative estimate of drug-likeness (QED) is 0.870. The highest BCUT2D eigenvalue weighted by Gasteiger charge is 2.09. The van der Waals surface area contributed by atoms with Crippen LogP contribution in [0, 0.1) is 4.64 Å². The van der Waals surface area contributed by atoms with Crippen molar-refractivity contribution in [3.63, 3.8) is 0 Å². The molecule has 4 nitrogen and oxygen atoms in total. The molecule has 0 aliphatic rings. The van der Waals surface area contributed by atoms with Gasteiger partial charge in [0.05, 0.1) is 19.9 Å². The molecule has 5 heteroatoms. The smallest absolute Gasteiger partial charge is 0.130 e. The summed E-state index contributed by atoms with van der Waals surface area (Å²) in [5.41, 5.74) is 1.79. The summed E-state index contributed by atoms with van der Waals surface area (Å²) in [4.78, 5) is 7.53. The zero-order chi connectivity index (χ0) is 13.8. The van der Waals surface area contributed by atoms with Gasteiger partial charge in [-0.3, -0.25) is 0 Å². The number of rotatable bonds is 4. The van der Waals surface area contributed by atoms with E-state index in [1.807, 2.05) is 31.2 Å². The molecule has 1 heterocycles. The van der Waals surface area contributed by atoms with E-state index in [0.717, 1.165) is 35.0 Å². The van der Waals surface area contributed by atoms with Crippen LogP contribution in [0.1, 0.15) is 12.7 Å². The summed E-state index contributed by atoms with van der Waals surface area (Å²) in [5.74, 6) is 2.39. The van der Waals surface area contributed by atoms with Crippen LogP contribution in [0.3, 0.4) is 0 Å². The van der Waals surface area contributed by atoms with Crippen LogP contribution in [-0.2, 0) is 6.42 Å². The molecule has 1 aromatic heterocycles. The third-order valence-corrected chi connectivity index (χ3v) is 3.03. The van der Waals surface area contributed by atoms with E-state index in [1.54, 1.807) is 14.2 Å². The lowest BCUT2D eigenvalue weighted by molar-refractivity contribution is 0.404. The van der Waals surface area contributed by atoms with E-state index in [2.05, 4.69) is 9.97 Å². The number of hydrogen-bond donors (Lipinski definition) is 1. The Morgan fingerprint density at radius 3 is 2.63 bits per heavy atom. The molecule has 2 rings (SSSR count). The van der Waals surface area contributed by atoms with Crippen molar-refractivity contribution in [2.75, 3.05) is 14.2 Å². The molecule has 0 bridgehead atoms. The maximum atomic E-state index is 5.38. The number of benzene rings is 1. The average Bonchev–Trinajstić information content (AvgIpc) is 2.45. The Labute approximate surface area is 117 Å². The molecule has 0 saturated heterocycles. The second-order valence-electron chi connectivity index (χ2n) is 4.00. The lowest BCUT2D eigenvalue weighted by Gasteiger charge is -2.11. The highest BCUT2D eigenvalue weighted by molar-refractivity contribution is 7.71. The summed E-state index contributed by atoms with van der Waals surface area (Å²) in [6, 6.07) is 7.47. The van der Waals surface area contributed by atoms with E-state index >= 15 is 0 Å². The molecule has 100 valence electrons. The van der Waals surface area contributed by atoms with Crippen molar-refractivity contribution in [3.05, 3.63) is 34.7 Å². The summed E-state index contributed by atoms with van der Waals surface area (Å²) >= 11 is 5.19. The fraction of sp³-hybridized carbons (Fsp3) is 0.286. The Kier molecular flexibility index (Phi) is 4.16. The van der Waals surface area contributed by atoms with Crippen molar-refractivity contribution >= 4 is 12.2 Å². The van der Waals surface area contributed by atoms with E-state index < -0.39 is 0 Å². The SMILES string of the molecule is CCc1nc(=S)cc(-c2cc(OC)ccc2OC)[nH]1. The van der Waals surface area contributed by atoms with Gasteiger partial charge in [0.15, 0.2) is 0 Å². The summed E-state index contributed by atoms with van der Waals surface area (Å²) in [6.45, 7) is 2.03. The third kappa shape index (κ3) is 2.93. The first kappa shape index (κ1) is 13.5. The first-order valence-corrected chi connectivity index (χ1v) is 6.41. The topological polar surface area (TPSA) is 47.1 Å². The molecule has 0 amide bonds. The van der Waals surface area contributed by atoms with Gasteiger partial charge >= 0.3 is 0 Å². The van der Waals surface area contributed by atoms with E-state index in [-0.39, 0.29) is 0 Å². The van der Waals surface area contributed by atoms with Crippen LogP contribution in [0.15, 0.2) is 24.3 Å². The summed E-state index contributed by atoms with van der Waals surface area (Å²) in [7, 11) is 3.28. The van der Waals surface area contributed by atoms with E-state index in [1.165, 1.54) is 0 Å². The Bertz CT molecular complexity index is 638. The molecule has 0 fully saturated rings. The molecule has 0 aliphatic heterocycles. The van der Waals surface area contributed by atoms with E-state index in [4.69, 9.17) is 21.7 Å². The Morgan fingerprint density at radius 2 is 2.00 bits per heavy atom. The van der Waals surface area contributed by atoms with E-state index in [0.29, 0.717) is 4.64 Å². The van der Waals surface area contributed by atoms with Gasteiger partial charge < -0.3 is 14.5 Å². The van der Waals surface area contributed by atoms with Crippen LogP contribution < -0.4 is 9.47 Å². The number of methoxy groups -OCH3 is 2. The molecular weight excluding hydrogens is 260 g/mol. The largest absolute Gasteiger partial charge is 0.497 e. The monoisotopic (exact) mass is 276 g/mol. The minimum absolute atomic E-state index is 0.565. The average molecular weight is 276 g/mol. The molecule has 0 saturated carbocycles. The van der Waals surface area contributed by atoms with Crippen LogP contribution in [0.2, 0.25) is 0 Å². The van der Waals surface area contributed by atoms with Crippen LogP contribution in [0.4, 0.5) is 0 Å². The fourth-order valence-corrected chi connectivity index (χ4v) is 2.07. The summed E-state index contributed by atoms with van der Waals surface area (Å²) < 4.78 is 11.2. The first-order valence-electron chi connectivity index (χ1n) is 6.00. The minimum atomic E-state index is 0.565. The number of aromatic amines is 1. The third-order valence-electron chi connectivity index (χ3n) is 2.82. The number of hydrogen-bond acceptors (Lipinski definition) is 4. The number of nitrogens with zero attached hydrogens (tertiary/aromatic N) is 1. The van der Waals surface area contributed by atoms with Gasteiger partial charge in [-0.05, 0) is 24.3 Å². The summed E-state index contributed by atoms with van der Waals surface area (Å²) in [5, 5.41) is 0. The van der Waals surface area contributed by atoms with Gasteiger partial charge in [0.2, 0.25) is 0 Å². The number of aryl methyl sites for hydroxylation is 1. The van der Waals surface area contributed by atoms with Crippen molar-refractivity contribution in [2.24, 2.45) is 0 Å². The minimum Gasteiger partial charge on any atom is -0.497 e. The molecule has 0 aliphatic carbocycles. The van der Waals surface area contributed by atoms with Crippen molar-refractivity contribution in [1.82, 2.24) is 9.97 Å². The zero-order valence-electron chi connectivity index (χ0n) is 11.2. The van der Waals surface area contributed by atoms with Gasteiger partial charge in [-0.25, -0.2) is 4.98 Å². The van der Waals surface area contributed by atoms with E-state index in [9.17, 15) is 0 Å². The van der Waals surface area contributed by atoms with Crippen LogP contribution >= 0.6 is 12.2 Å². The predicted molar refractivity (Wildman–Crippen MR) is 77.3 cm³/mol. The molecule has 0 spiro atoms. The Balaban J connectivity index is 2.62. The molecule has 0 radical (unpaired) electrons. The molecule has 0 atom stereocenters. The fourth-order valence-electron chi connectivity index (χ4n) is 1.85. The molecule has 2 aromatic rings. The van der Waals surface area contributed by atoms with Crippen LogP contribution in [0.25, 0.3) is 11.3 Å². The number of H-pyrrole nitrogens is 1. The van der Waals surface area contributed by atoms with Gasteiger partial charge in [-0.1, -0.05) is 19.1 Å². The van der Waals surface area contributed by atoms with Gasteiger partial charge in [-0.2, -0.15) is 0 Å². The van der Waals surface area contributed by atoms with Crippen molar-refractivity contribution < 1.29 is 9.47 Å². The normalized spacial score (nSPS) is 10.3. The zero-order valence-corrected chi connectivity index (χ0v) is 12.0. The lowest BCUT2D eigenvalue weighted by atomic mass is 10.1. The Hall–Kier alpha value is -1.88. The van der Waals surface area contributed by atoms with Crippen molar-refractivity contribution in [1.29, 1.82) is 0 Å². The van der Waals surface area contributed by atoms with Crippen molar-refractivity contribution in [3.8, 4) is 22.8 Å². The molecule has 19 heavy (non-hydrogen) atoms.